The van der Waals surface area contributed by atoms with Crippen molar-refractivity contribution < 1.29 is 0 Å². The average Bonchev–Trinajstić information content (AvgIpc) is 3.04. The molecule has 0 atom stereocenters. The predicted octanol–water partition coefficient (Wildman–Crippen LogP) is 6.39. The van der Waals surface area contributed by atoms with Crippen LogP contribution < -0.4 is 0 Å². The summed E-state index contributed by atoms with van der Waals surface area (Å²) in [7, 11) is 0. The topological polar surface area (TPSA) is 0 Å². The zero-order valence-electron chi connectivity index (χ0n) is 11.2. The second-order valence-corrected chi connectivity index (χ2v) is 7.51. The minimum Gasteiger partial charge on any atom is -0.135 e. The lowest BCUT2D eigenvalue weighted by Crippen LogP contribution is -1.80. The Morgan fingerprint density at radius 3 is 2.67 bits per heavy atom. The van der Waals surface area contributed by atoms with E-state index in [9.17, 15) is 0 Å². The van der Waals surface area contributed by atoms with Gasteiger partial charge < -0.3 is 0 Å². The van der Waals surface area contributed by atoms with Crippen molar-refractivity contribution in [1.82, 2.24) is 0 Å². The van der Waals surface area contributed by atoms with Gasteiger partial charge in [-0.3, -0.25) is 0 Å². The number of benzene rings is 3. The van der Waals surface area contributed by atoms with Gasteiger partial charge in [0, 0.05) is 31.1 Å². The van der Waals surface area contributed by atoms with Gasteiger partial charge in [-0.2, -0.15) is 0 Å². The van der Waals surface area contributed by atoms with Crippen LogP contribution in [0.1, 0.15) is 11.1 Å². The van der Waals surface area contributed by atoms with E-state index in [1.54, 1.807) is 0 Å². The second-order valence-electron chi connectivity index (χ2n) is 5.54. The molecule has 0 radical (unpaired) electrons. The summed E-state index contributed by atoms with van der Waals surface area (Å²) >= 11 is 5.52. The fourth-order valence-corrected chi connectivity index (χ4v) is 5.09. The highest BCUT2D eigenvalue weighted by Gasteiger charge is 2.22. The average molecular weight is 351 g/mol. The van der Waals surface area contributed by atoms with E-state index < -0.39 is 0 Å². The van der Waals surface area contributed by atoms with Crippen LogP contribution in [0.15, 0.2) is 59.1 Å². The molecule has 100 valence electrons. The summed E-state index contributed by atoms with van der Waals surface area (Å²) in [6.07, 6.45) is 1.05. The lowest BCUT2D eigenvalue weighted by atomic mass is 10.0. The molecule has 4 aromatic rings. The smallest absolute Gasteiger partial charge is 0.0396 e. The van der Waals surface area contributed by atoms with Crippen LogP contribution in [0.3, 0.4) is 0 Å². The maximum atomic E-state index is 3.59. The summed E-state index contributed by atoms with van der Waals surface area (Å²) in [6, 6.07) is 20.0. The van der Waals surface area contributed by atoms with Gasteiger partial charge >= 0.3 is 0 Å². The van der Waals surface area contributed by atoms with Gasteiger partial charge in [0.15, 0.2) is 0 Å². The molecule has 0 unspecified atom stereocenters. The first-order chi connectivity index (χ1) is 10.3. The van der Waals surface area contributed by atoms with Crippen LogP contribution in [0.2, 0.25) is 0 Å². The second kappa shape index (κ2) is 4.19. The highest BCUT2D eigenvalue weighted by atomic mass is 79.9. The third-order valence-corrected chi connectivity index (χ3v) is 6.11. The monoisotopic (exact) mass is 350 g/mol. The summed E-state index contributed by atoms with van der Waals surface area (Å²) in [5.74, 6) is 0. The van der Waals surface area contributed by atoms with Crippen molar-refractivity contribution in [1.29, 1.82) is 0 Å². The van der Waals surface area contributed by atoms with E-state index in [2.05, 4.69) is 70.5 Å². The van der Waals surface area contributed by atoms with Crippen LogP contribution in [-0.2, 0) is 6.42 Å². The number of fused-ring (bicyclic) bond motifs is 7. The molecule has 0 saturated carbocycles. The Balaban J connectivity index is 1.88. The summed E-state index contributed by atoms with van der Waals surface area (Å²) in [4.78, 5) is 0. The maximum absolute atomic E-state index is 3.59. The highest BCUT2D eigenvalue weighted by Crippen LogP contribution is 2.45. The first-order valence-electron chi connectivity index (χ1n) is 7.03. The molecule has 1 aliphatic carbocycles. The fraction of sp³-hybridized carbons (Fsp3) is 0.0526. The molecule has 0 saturated heterocycles. The number of rotatable bonds is 0. The van der Waals surface area contributed by atoms with E-state index in [1.165, 1.54) is 46.9 Å². The minimum absolute atomic E-state index is 1.05. The molecular weight excluding hydrogens is 340 g/mol. The van der Waals surface area contributed by atoms with E-state index in [1.807, 2.05) is 11.3 Å². The Morgan fingerprint density at radius 2 is 1.71 bits per heavy atom. The van der Waals surface area contributed by atoms with Gasteiger partial charge in [0.1, 0.15) is 0 Å². The molecule has 0 aliphatic heterocycles. The van der Waals surface area contributed by atoms with E-state index in [4.69, 9.17) is 0 Å². The van der Waals surface area contributed by atoms with Gasteiger partial charge in [0.05, 0.1) is 0 Å². The number of hydrogen-bond donors (Lipinski definition) is 0. The molecule has 5 rings (SSSR count). The molecule has 21 heavy (non-hydrogen) atoms. The van der Waals surface area contributed by atoms with Gasteiger partial charge in [-0.25, -0.2) is 0 Å². The third-order valence-electron chi connectivity index (χ3n) is 4.37. The van der Waals surface area contributed by atoms with Crippen LogP contribution in [0.25, 0.3) is 31.3 Å². The van der Waals surface area contributed by atoms with Gasteiger partial charge in [-0.15, -0.1) is 11.3 Å². The molecular formula is C19H11BrS. The van der Waals surface area contributed by atoms with Crippen LogP contribution >= 0.6 is 27.3 Å². The lowest BCUT2D eigenvalue weighted by molar-refractivity contribution is 1.28. The third kappa shape index (κ3) is 1.60. The number of thiophene rings is 1. The SMILES string of the molecule is Brc1ccc2c(c1)Cc1c-2ccc2c1sc1ccccc12. The highest BCUT2D eigenvalue weighted by molar-refractivity contribution is 9.10. The molecule has 0 fully saturated rings. The minimum atomic E-state index is 1.05. The van der Waals surface area contributed by atoms with E-state index in [0.29, 0.717) is 0 Å². The Labute approximate surface area is 135 Å². The summed E-state index contributed by atoms with van der Waals surface area (Å²) in [6.45, 7) is 0. The first kappa shape index (κ1) is 12.0. The summed E-state index contributed by atoms with van der Waals surface area (Å²) in [5, 5.41) is 2.79. The molecule has 0 amide bonds. The van der Waals surface area contributed by atoms with Crippen molar-refractivity contribution in [2.24, 2.45) is 0 Å². The maximum Gasteiger partial charge on any atom is 0.0396 e. The van der Waals surface area contributed by atoms with Crippen molar-refractivity contribution in [3.8, 4) is 11.1 Å². The standard InChI is InChI=1S/C19H11BrS/c20-12-5-6-13-11(9-12)10-17-14(13)7-8-16-15-3-1-2-4-18(15)21-19(16)17/h1-9H,10H2. The quantitative estimate of drug-likeness (QED) is 0.303. The van der Waals surface area contributed by atoms with Crippen molar-refractivity contribution in [2.75, 3.05) is 0 Å². The molecule has 0 spiro atoms. The van der Waals surface area contributed by atoms with E-state index in [0.717, 1.165) is 6.42 Å². The molecule has 1 aromatic heterocycles. The van der Waals surface area contributed by atoms with E-state index >= 15 is 0 Å². The molecule has 0 bridgehead atoms. The van der Waals surface area contributed by atoms with Crippen LogP contribution in [-0.4, -0.2) is 0 Å². The van der Waals surface area contributed by atoms with Crippen LogP contribution in [0, 0.1) is 0 Å². The Bertz CT molecular complexity index is 1030. The number of hydrogen-bond acceptors (Lipinski definition) is 1. The molecule has 1 aliphatic rings. The number of halogens is 1. The van der Waals surface area contributed by atoms with Crippen LogP contribution in [0.4, 0.5) is 0 Å². The molecule has 1 heterocycles. The molecule has 2 heteroatoms. The fourth-order valence-electron chi connectivity index (χ4n) is 3.43. The van der Waals surface area contributed by atoms with Crippen molar-refractivity contribution in [3.05, 3.63) is 70.2 Å². The predicted molar refractivity (Wildman–Crippen MR) is 95.3 cm³/mol. The molecule has 3 aromatic carbocycles. The Hall–Kier alpha value is -1.64. The molecule has 0 nitrogen and oxygen atoms in total. The zero-order valence-corrected chi connectivity index (χ0v) is 13.6. The first-order valence-corrected chi connectivity index (χ1v) is 8.64. The summed E-state index contributed by atoms with van der Waals surface area (Å²) < 4.78 is 4.01. The van der Waals surface area contributed by atoms with Crippen molar-refractivity contribution >= 4 is 47.4 Å². The van der Waals surface area contributed by atoms with Gasteiger partial charge in [-0.1, -0.05) is 52.3 Å². The van der Waals surface area contributed by atoms with Crippen molar-refractivity contribution in [3.63, 3.8) is 0 Å². The van der Waals surface area contributed by atoms with Crippen molar-refractivity contribution in [2.45, 2.75) is 6.42 Å². The summed E-state index contributed by atoms with van der Waals surface area (Å²) in [5.41, 5.74) is 5.75. The lowest BCUT2D eigenvalue weighted by Gasteiger charge is -2.02. The largest absolute Gasteiger partial charge is 0.135 e. The Kier molecular flexibility index (Phi) is 2.38. The van der Waals surface area contributed by atoms with Gasteiger partial charge in [-0.05, 0) is 40.5 Å². The van der Waals surface area contributed by atoms with E-state index in [-0.39, 0.29) is 0 Å². The molecule has 0 N–H and O–H groups in total. The normalized spacial score (nSPS) is 12.8. The van der Waals surface area contributed by atoms with Crippen LogP contribution in [0.5, 0.6) is 0 Å². The van der Waals surface area contributed by atoms with Gasteiger partial charge in [0.25, 0.3) is 0 Å². The zero-order chi connectivity index (χ0) is 14.0. The Morgan fingerprint density at radius 1 is 0.857 bits per heavy atom. The van der Waals surface area contributed by atoms with Gasteiger partial charge in [0.2, 0.25) is 0 Å².